The van der Waals surface area contributed by atoms with E-state index in [0.29, 0.717) is 11.6 Å². The van der Waals surface area contributed by atoms with Gasteiger partial charge in [0.15, 0.2) is 0 Å². The van der Waals surface area contributed by atoms with Gasteiger partial charge < -0.3 is 5.73 Å². The molecular formula is C13H18ClFN2S. The molecule has 0 radical (unpaired) electrons. The average molecular weight is 289 g/mol. The van der Waals surface area contributed by atoms with Crippen LogP contribution in [0.3, 0.4) is 0 Å². The summed E-state index contributed by atoms with van der Waals surface area (Å²) in [7, 11) is 0. The number of nitrogens with zero attached hydrogens (tertiary/aromatic N) is 1. The van der Waals surface area contributed by atoms with Crippen molar-refractivity contribution in [2.24, 2.45) is 5.73 Å². The lowest BCUT2D eigenvalue weighted by molar-refractivity contribution is 0.218. The van der Waals surface area contributed by atoms with Gasteiger partial charge in [-0.15, -0.1) is 0 Å². The number of hydrogen-bond acceptors (Lipinski definition) is 3. The van der Waals surface area contributed by atoms with Gasteiger partial charge in [0.25, 0.3) is 0 Å². The van der Waals surface area contributed by atoms with E-state index < -0.39 is 0 Å². The molecule has 1 heterocycles. The van der Waals surface area contributed by atoms with Crippen LogP contribution in [0.1, 0.15) is 18.0 Å². The minimum atomic E-state index is -0.300. The lowest BCUT2D eigenvalue weighted by Crippen LogP contribution is -2.35. The topological polar surface area (TPSA) is 29.3 Å². The normalized spacial score (nSPS) is 19.5. The monoisotopic (exact) mass is 288 g/mol. The van der Waals surface area contributed by atoms with E-state index in [-0.39, 0.29) is 11.9 Å². The van der Waals surface area contributed by atoms with E-state index >= 15 is 0 Å². The minimum Gasteiger partial charge on any atom is -0.329 e. The minimum absolute atomic E-state index is 0.0943. The van der Waals surface area contributed by atoms with Gasteiger partial charge in [0.1, 0.15) is 5.82 Å². The maximum absolute atomic E-state index is 13.1. The highest BCUT2D eigenvalue weighted by atomic mass is 35.5. The Kier molecular flexibility index (Phi) is 5.30. The number of rotatable bonds is 3. The van der Waals surface area contributed by atoms with Crippen LogP contribution in [0.5, 0.6) is 0 Å². The average Bonchev–Trinajstić information content (AvgIpc) is 2.62. The molecule has 5 heteroatoms. The molecule has 1 saturated heterocycles. The zero-order valence-corrected chi connectivity index (χ0v) is 11.8. The molecule has 18 heavy (non-hydrogen) atoms. The smallest absolute Gasteiger partial charge is 0.124 e. The highest BCUT2D eigenvalue weighted by Gasteiger charge is 2.22. The molecule has 1 aliphatic rings. The van der Waals surface area contributed by atoms with Gasteiger partial charge in [-0.25, -0.2) is 4.39 Å². The van der Waals surface area contributed by atoms with Crippen molar-refractivity contribution in [3.8, 4) is 0 Å². The molecule has 2 nitrogen and oxygen atoms in total. The third-order valence-corrected chi connectivity index (χ3v) is 4.62. The Labute approximate surface area is 117 Å². The molecule has 0 aliphatic carbocycles. The van der Waals surface area contributed by atoms with Crippen molar-refractivity contribution in [2.75, 3.05) is 31.1 Å². The summed E-state index contributed by atoms with van der Waals surface area (Å²) in [5.41, 5.74) is 6.83. The first-order valence-electron chi connectivity index (χ1n) is 6.19. The fourth-order valence-electron chi connectivity index (χ4n) is 2.32. The van der Waals surface area contributed by atoms with Gasteiger partial charge in [0, 0.05) is 29.9 Å². The first-order chi connectivity index (χ1) is 8.72. The van der Waals surface area contributed by atoms with Crippen LogP contribution in [-0.2, 0) is 0 Å². The molecule has 2 rings (SSSR count). The SMILES string of the molecule is NCC(c1ccc(F)cc1Cl)N1CCCSCC1. The van der Waals surface area contributed by atoms with E-state index in [2.05, 4.69) is 4.90 Å². The Hall–Kier alpha value is -0.290. The maximum atomic E-state index is 13.1. The van der Waals surface area contributed by atoms with Crippen LogP contribution in [0.4, 0.5) is 4.39 Å². The maximum Gasteiger partial charge on any atom is 0.124 e. The predicted octanol–water partition coefficient (Wildman–Crippen LogP) is 2.92. The van der Waals surface area contributed by atoms with Crippen LogP contribution >= 0.6 is 23.4 Å². The van der Waals surface area contributed by atoms with Crippen molar-refractivity contribution in [2.45, 2.75) is 12.5 Å². The highest BCUT2D eigenvalue weighted by molar-refractivity contribution is 7.99. The van der Waals surface area contributed by atoms with Crippen LogP contribution in [0, 0.1) is 5.82 Å². The third-order valence-electron chi connectivity index (χ3n) is 3.24. The fourth-order valence-corrected chi connectivity index (χ4v) is 3.52. The first kappa shape index (κ1) is 14.1. The molecule has 1 unspecified atom stereocenters. The summed E-state index contributed by atoms with van der Waals surface area (Å²) in [5, 5.41) is 0.474. The fraction of sp³-hybridized carbons (Fsp3) is 0.538. The van der Waals surface area contributed by atoms with E-state index in [1.165, 1.54) is 24.3 Å². The van der Waals surface area contributed by atoms with Crippen LogP contribution in [-0.4, -0.2) is 36.0 Å². The summed E-state index contributed by atoms with van der Waals surface area (Å²) < 4.78 is 13.1. The van der Waals surface area contributed by atoms with Gasteiger partial charge in [0.2, 0.25) is 0 Å². The van der Waals surface area contributed by atoms with Gasteiger partial charge in [-0.3, -0.25) is 4.90 Å². The van der Waals surface area contributed by atoms with E-state index in [1.807, 2.05) is 11.8 Å². The van der Waals surface area contributed by atoms with Gasteiger partial charge >= 0.3 is 0 Å². The molecular weight excluding hydrogens is 271 g/mol. The summed E-state index contributed by atoms with van der Waals surface area (Å²) in [6, 6.07) is 4.67. The number of halogens is 2. The van der Waals surface area contributed by atoms with Crippen molar-refractivity contribution in [3.05, 3.63) is 34.6 Å². The summed E-state index contributed by atoms with van der Waals surface area (Å²) in [5.74, 6) is 2.02. The predicted molar refractivity (Wildman–Crippen MR) is 76.7 cm³/mol. The quantitative estimate of drug-likeness (QED) is 0.927. The summed E-state index contributed by atoms with van der Waals surface area (Å²) in [6.07, 6.45) is 1.17. The Bertz CT molecular complexity index is 395. The summed E-state index contributed by atoms with van der Waals surface area (Å²) in [4.78, 5) is 2.36. The lowest BCUT2D eigenvalue weighted by atomic mass is 10.0. The Morgan fingerprint density at radius 2 is 2.22 bits per heavy atom. The van der Waals surface area contributed by atoms with Gasteiger partial charge in [-0.1, -0.05) is 17.7 Å². The first-order valence-corrected chi connectivity index (χ1v) is 7.72. The number of hydrogen-bond donors (Lipinski definition) is 1. The molecule has 1 atom stereocenters. The molecule has 0 spiro atoms. The van der Waals surface area contributed by atoms with E-state index in [1.54, 1.807) is 6.07 Å². The van der Waals surface area contributed by atoms with Crippen molar-refractivity contribution in [1.29, 1.82) is 0 Å². The molecule has 0 amide bonds. The van der Waals surface area contributed by atoms with Crippen LogP contribution in [0.15, 0.2) is 18.2 Å². The second-order valence-corrected chi connectivity index (χ2v) is 6.05. The molecule has 1 aromatic rings. The summed E-state index contributed by atoms with van der Waals surface area (Å²) in [6.45, 7) is 2.55. The van der Waals surface area contributed by atoms with Crippen molar-refractivity contribution >= 4 is 23.4 Å². The zero-order chi connectivity index (χ0) is 13.0. The van der Waals surface area contributed by atoms with Crippen LogP contribution in [0.25, 0.3) is 0 Å². The molecule has 100 valence electrons. The van der Waals surface area contributed by atoms with Gasteiger partial charge in [-0.2, -0.15) is 11.8 Å². The molecule has 2 N–H and O–H groups in total. The van der Waals surface area contributed by atoms with Crippen molar-refractivity contribution in [1.82, 2.24) is 4.90 Å². The molecule has 1 fully saturated rings. The second-order valence-electron chi connectivity index (χ2n) is 4.42. The van der Waals surface area contributed by atoms with Crippen LogP contribution < -0.4 is 5.73 Å². The Morgan fingerprint density at radius 1 is 1.39 bits per heavy atom. The molecule has 0 saturated carbocycles. The molecule has 1 aliphatic heterocycles. The number of nitrogens with two attached hydrogens (primary N) is 1. The Morgan fingerprint density at radius 3 is 2.94 bits per heavy atom. The lowest BCUT2D eigenvalue weighted by Gasteiger charge is -2.30. The van der Waals surface area contributed by atoms with E-state index in [0.717, 1.165) is 24.4 Å². The number of benzene rings is 1. The highest BCUT2D eigenvalue weighted by Crippen LogP contribution is 2.29. The van der Waals surface area contributed by atoms with E-state index in [9.17, 15) is 4.39 Å². The Balaban J connectivity index is 2.20. The second kappa shape index (κ2) is 6.75. The molecule has 1 aromatic carbocycles. The van der Waals surface area contributed by atoms with Crippen molar-refractivity contribution < 1.29 is 4.39 Å². The van der Waals surface area contributed by atoms with E-state index in [4.69, 9.17) is 17.3 Å². The van der Waals surface area contributed by atoms with Gasteiger partial charge in [0.05, 0.1) is 0 Å². The zero-order valence-electron chi connectivity index (χ0n) is 10.2. The van der Waals surface area contributed by atoms with Gasteiger partial charge in [-0.05, 0) is 36.4 Å². The molecule has 0 aromatic heterocycles. The number of thioether (sulfide) groups is 1. The van der Waals surface area contributed by atoms with Crippen molar-refractivity contribution in [3.63, 3.8) is 0 Å². The standard InChI is InChI=1S/C13H18ClFN2S/c14-12-8-10(15)2-3-11(12)13(9-16)17-4-1-6-18-7-5-17/h2-3,8,13H,1,4-7,9,16H2. The summed E-state index contributed by atoms with van der Waals surface area (Å²) >= 11 is 8.11. The molecule has 0 bridgehead atoms. The third kappa shape index (κ3) is 3.38. The van der Waals surface area contributed by atoms with Crippen LogP contribution in [0.2, 0.25) is 5.02 Å². The largest absolute Gasteiger partial charge is 0.329 e.